The molecule has 2 heterocycles. The summed E-state index contributed by atoms with van der Waals surface area (Å²) in [5, 5.41) is 6.63. The van der Waals surface area contributed by atoms with Crippen LogP contribution in [0.2, 0.25) is 0 Å². The third-order valence-electron chi connectivity index (χ3n) is 8.19. The number of guanidine groups is 1. The molecule has 1 unspecified atom stereocenters. The van der Waals surface area contributed by atoms with Crippen LogP contribution >= 0.6 is 0 Å². The van der Waals surface area contributed by atoms with Gasteiger partial charge in [0.25, 0.3) is 0 Å². The topological polar surface area (TPSA) is 85.2 Å². The molecular weight excluding hydrogens is 556 g/mol. The number of fused-ring (bicyclic) bond motifs is 1. The zero-order valence-electron chi connectivity index (χ0n) is 25.9. The summed E-state index contributed by atoms with van der Waals surface area (Å²) in [5.41, 5.74) is 7.04. The number of Topliss-reactive ketones (excluding diaryl/α,β-unsaturated/α-hetero) is 1. The van der Waals surface area contributed by atoms with E-state index in [1.54, 1.807) is 40.4 Å². The van der Waals surface area contributed by atoms with E-state index in [0.29, 0.717) is 34.8 Å². The van der Waals surface area contributed by atoms with Crippen LogP contribution in [0, 0.1) is 6.92 Å². The van der Waals surface area contributed by atoms with Gasteiger partial charge >= 0.3 is 0 Å². The van der Waals surface area contributed by atoms with Gasteiger partial charge in [-0.15, -0.1) is 5.10 Å². The lowest BCUT2D eigenvalue weighted by Gasteiger charge is -2.39. The summed E-state index contributed by atoms with van der Waals surface area (Å²) in [6.45, 7) is 3.59. The first-order chi connectivity index (χ1) is 21.4. The van der Waals surface area contributed by atoms with Gasteiger partial charge in [0, 0.05) is 6.92 Å². The highest BCUT2D eigenvalue weighted by Gasteiger charge is 2.45. The lowest BCUT2D eigenvalue weighted by atomic mass is 9.82. The Labute approximate surface area is 257 Å². The van der Waals surface area contributed by atoms with Gasteiger partial charge in [0.15, 0.2) is 34.6 Å². The molecule has 0 saturated heterocycles. The van der Waals surface area contributed by atoms with Crippen LogP contribution in [0.5, 0.6) is 23.0 Å². The molecule has 0 spiro atoms. The number of aryl methyl sites for hydroxylation is 1. The number of amidine groups is 1. The lowest BCUT2D eigenvalue weighted by Crippen LogP contribution is -2.45. The Morgan fingerprint density at radius 1 is 0.841 bits per heavy atom. The van der Waals surface area contributed by atoms with Gasteiger partial charge in [-0.2, -0.15) is 5.01 Å². The van der Waals surface area contributed by atoms with Crippen molar-refractivity contribution >= 4 is 29.3 Å². The third kappa shape index (κ3) is 5.08. The van der Waals surface area contributed by atoms with Crippen LogP contribution in [0.25, 0.3) is 6.08 Å². The molecule has 6 rings (SSSR count). The number of anilines is 1. The average Bonchev–Trinajstić information content (AvgIpc) is 3.43. The van der Waals surface area contributed by atoms with Gasteiger partial charge in [-0.25, -0.2) is 4.99 Å². The van der Waals surface area contributed by atoms with Crippen molar-refractivity contribution in [1.82, 2.24) is 4.90 Å². The minimum Gasteiger partial charge on any atom is -0.493 e. The Morgan fingerprint density at radius 2 is 1.50 bits per heavy atom. The number of ether oxygens (including phenoxy) is 4. The first-order valence-electron chi connectivity index (χ1n) is 14.6. The second-order valence-electron chi connectivity index (χ2n) is 10.9. The molecule has 3 aliphatic rings. The van der Waals surface area contributed by atoms with Crippen molar-refractivity contribution in [3.05, 3.63) is 94.2 Å². The molecule has 0 saturated carbocycles. The molecule has 0 N–H and O–H groups in total. The molecule has 0 fully saturated rings. The van der Waals surface area contributed by atoms with E-state index >= 15 is 0 Å². The van der Waals surface area contributed by atoms with Gasteiger partial charge in [-0.1, -0.05) is 29.8 Å². The number of nitrogens with zero attached hydrogens (tertiary/aromatic N) is 4. The van der Waals surface area contributed by atoms with Crippen LogP contribution in [0.3, 0.4) is 0 Å². The molecule has 3 aromatic carbocycles. The highest BCUT2D eigenvalue weighted by molar-refractivity contribution is 6.43. The summed E-state index contributed by atoms with van der Waals surface area (Å²) < 4.78 is 22.3. The molecule has 226 valence electrons. The SMILES string of the molecule is COc1ccc(/C=C2\CCCC3=C2N=C2N(c4ccc(C)cc4)N=C(C(C)=O)N2C3c2ccc(OC)c(OC)c2)cc1OC. The van der Waals surface area contributed by atoms with Gasteiger partial charge in [-0.05, 0) is 90.9 Å². The van der Waals surface area contributed by atoms with Crippen LogP contribution < -0.4 is 24.0 Å². The van der Waals surface area contributed by atoms with E-state index in [9.17, 15) is 4.79 Å². The normalized spacial score (nSPS) is 18.4. The minimum absolute atomic E-state index is 0.140. The summed E-state index contributed by atoms with van der Waals surface area (Å²) in [5.74, 6) is 3.37. The number of benzene rings is 3. The molecule has 2 aliphatic heterocycles. The summed E-state index contributed by atoms with van der Waals surface area (Å²) in [6, 6.07) is 19.5. The van der Waals surface area contributed by atoms with Gasteiger partial charge in [0.1, 0.15) is 0 Å². The van der Waals surface area contributed by atoms with Gasteiger partial charge in [-0.3, -0.25) is 9.69 Å². The lowest BCUT2D eigenvalue weighted by molar-refractivity contribution is -0.111. The predicted molar refractivity (Wildman–Crippen MR) is 172 cm³/mol. The van der Waals surface area contributed by atoms with Gasteiger partial charge < -0.3 is 18.9 Å². The van der Waals surface area contributed by atoms with Crippen molar-refractivity contribution in [3.8, 4) is 23.0 Å². The number of methoxy groups -OCH3 is 4. The molecule has 0 aromatic heterocycles. The highest BCUT2D eigenvalue weighted by atomic mass is 16.5. The van der Waals surface area contributed by atoms with Gasteiger partial charge in [0.2, 0.25) is 5.96 Å². The molecule has 3 aromatic rings. The van der Waals surface area contributed by atoms with E-state index in [2.05, 4.69) is 6.08 Å². The van der Waals surface area contributed by atoms with Crippen molar-refractivity contribution in [2.24, 2.45) is 10.1 Å². The van der Waals surface area contributed by atoms with Crippen LogP contribution in [-0.4, -0.2) is 50.9 Å². The summed E-state index contributed by atoms with van der Waals surface area (Å²) in [7, 11) is 6.52. The Hall–Kier alpha value is -5.05. The summed E-state index contributed by atoms with van der Waals surface area (Å²) >= 11 is 0. The van der Waals surface area contributed by atoms with Crippen LogP contribution in [0.4, 0.5) is 5.69 Å². The van der Waals surface area contributed by atoms with Crippen molar-refractivity contribution in [2.75, 3.05) is 33.4 Å². The zero-order valence-corrected chi connectivity index (χ0v) is 25.9. The fourth-order valence-electron chi connectivity index (χ4n) is 6.06. The molecule has 0 radical (unpaired) electrons. The second-order valence-corrected chi connectivity index (χ2v) is 10.9. The monoisotopic (exact) mass is 592 g/mol. The standard InChI is InChI=1S/C35H36N4O5/c1-21-10-14-26(15-11-21)39-35-36-32-24(18-23-12-16-28(41-3)30(19-23)43-5)8-7-9-27(32)33(38(35)34(37-39)22(2)40)25-13-17-29(42-4)31(20-25)44-6/h10-20,33H,7-9H2,1-6H3/b24-18+. The van der Waals surface area contributed by atoms with Gasteiger partial charge in [0.05, 0.1) is 45.9 Å². The number of ketones is 1. The van der Waals surface area contributed by atoms with E-state index in [4.69, 9.17) is 29.0 Å². The third-order valence-corrected chi connectivity index (χ3v) is 8.19. The Kier molecular flexibility index (Phi) is 7.86. The first-order valence-corrected chi connectivity index (χ1v) is 14.6. The fourth-order valence-corrected chi connectivity index (χ4v) is 6.06. The second kappa shape index (κ2) is 11.9. The smallest absolute Gasteiger partial charge is 0.234 e. The molecule has 9 heteroatoms. The first kappa shape index (κ1) is 29.0. The quantitative estimate of drug-likeness (QED) is 0.288. The molecular formula is C35H36N4O5. The number of hydrogen-bond donors (Lipinski definition) is 0. The van der Waals surface area contributed by atoms with E-state index < -0.39 is 0 Å². The van der Waals surface area contributed by atoms with Crippen LogP contribution in [-0.2, 0) is 4.79 Å². The number of hydrazone groups is 1. The number of hydrogen-bond acceptors (Lipinski definition) is 9. The molecule has 1 atom stereocenters. The number of carbonyl (C=O) groups is 1. The van der Waals surface area contributed by atoms with Crippen LogP contribution in [0.1, 0.15) is 48.9 Å². The fraction of sp³-hybridized carbons (Fsp3) is 0.286. The minimum atomic E-state index is -0.329. The maximum atomic E-state index is 13.2. The average molecular weight is 593 g/mol. The van der Waals surface area contributed by atoms with E-state index in [1.807, 2.05) is 72.5 Å². The maximum absolute atomic E-state index is 13.2. The molecule has 0 bridgehead atoms. The van der Waals surface area contributed by atoms with Crippen molar-refractivity contribution in [2.45, 2.75) is 39.2 Å². The van der Waals surface area contributed by atoms with E-state index in [0.717, 1.165) is 58.5 Å². The Balaban J connectivity index is 1.56. The molecule has 9 nitrogen and oxygen atoms in total. The molecule has 1 aliphatic carbocycles. The molecule has 44 heavy (non-hydrogen) atoms. The van der Waals surface area contributed by atoms with Crippen molar-refractivity contribution in [3.63, 3.8) is 0 Å². The maximum Gasteiger partial charge on any atom is 0.234 e. The number of rotatable bonds is 8. The highest BCUT2D eigenvalue weighted by Crippen LogP contribution is 2.48. The summed E-state index contributed by atoms with van der Waals surface area (Å²) in [4.78, 5) is 20.4. The largest absolute Gasteiger partial charge is 0.493 e. The van der Waals surface area contributed by atoms with E-state index in [1.165, 1.54) is 0 Å². The van der Waals surface area contributed by atoms with E-state index in [-0.39, 0.29) is 11.8 Å². The number of carbonyl (C=O) groups excluding carboxylic acids is 1. The number of aliphatic imine (C=N–C) groups is 1. The van der Waals surface area contributed by atoms with Crippen molar-refractivity contribution in [1.29, 1.82) is 0 Å². The number of allylic oxidation sites excluding steroid dienone is 1. The van der Waals surface area contributed by atoms with Crippen molar-refractivity contribution < 1.29 is 23.7 Å². The summed E-state index contributed by atoms with van der Waals surface area (Å²) in [6.07, 6.45) is 4.78. The predicted octanol–water partition coefficient (Wildman–Crippen LogP) is 6.69. The van der Waals surface area contributed by atoms with Crippen LogP contribution in [0.15, 0.2) is 87.6 Å². The molecule has 0 amide bonds. The Bertz CT molecular complexity index is 1740. The Morgan fingerprint density at radius 3 is 2.16 bits per heavy atom. The zero-order chi connectivity index (χ0) is 31.0.